The van der Waals surface area contributed by atoms with Crippen molar-refractivity contribution in [3.63, 3.8) is 0 Å². The van der Waals surface area contributed by atoms with Gasteiger partial charge in [-0.05, 0) is 12.1 Å². The van der Waals surface area contributed by atoms with Gasteiger partial charge in [0.2, 0.25) is 11.8 Å². The minimum Gasteiger partial charge on any atom is -0.378 e. The van der Waals surface area contributed by atoms with E-state index in [1.165, 1.54) is 23.9 Å². The zero-order chi connectivity index (χ0) is 20.7. The first-order valence-electron chi connectivity index (χ1n) is 8.03. The summed E-state index contributed by atoms with van der Waals surface area (Å²) in [6.07, 6.45) is 0.979. The molecule has 1 amide bonds. The number of nitrogens with zero attached hydrogens (tertiary/aromatic N) is 3. The molecular weight excluding hydrogens is 410 g/mol. The number of rotatable bonds is 10. The third-order valence-electron chi connectivity index (χ3n) is 3.39. The van der Waals surface area contributed by atoms with Crippen molar-refractivity contribution >= 4 is 38.9 Å². The van der Waals surface area contributed by atoms with Crippen LogP contribution in [0.2, 0.25) is 0 Å². The molecule has 0 aliphatic carbocycles. The van der Waals surface area contributed by atoms with Gasteiger partial charge in [-0.1, -0.05) is 5.16 Å². The Bertz CT molecular complexity index is 960. The van der Waals surface area contributed by atoms with Crippen LogP contribution in [0.3, 0.4) is 0 Å². The Balaban J connectivity index is 1.78. The second kappa shape index (κ2) is 9.50. The Hall–Kier alpha value is -2.67. The van der Waals surface area contributed by atoms with E-state index in [0.717, 1.165) is 12.3 Å². The zero-order valence-corrected chi connectivity index (χ0v) is 16.8. The van der Waals surface area contributed by atoms with E-state index in [9.17, 15) is 23.3 Å². The largest absolute Gasteiger partial charge is 0.378 e. The standard InChI is InChI=1S/C15H19N5O6S2/c1-10-18-14(19-26-10)8-27-9-15(21)17-6-5-16-12-4-3-11(28(2,24)25)7-13(12)20(22)23/h3-4,7,16H,5-6,8-9H2,1-2H3,(H,17,21). The lowest BCUT2D eigenvalue weighted by Crippen LogP contribution is -2.30. The predicted octanol–water partition coefficient (Wildman–Crippen LogP) is 1.15. The lowest BCUT2D eigenvalue weighted by molar-refractivity contribution is -0.384. The fraction of sp³-hybridized carbons (Fsp3) is 0.400. The maximum Gasteiger partial charge on any atom is 0.293 e. The molecule has 0 aliphatic heterocycles. The average molecular weight is 429 g/mol. The van der Waals surface area contributed by atoms with Gasteiger partial charge in [-0.2, -0.15) is 4.98 Å². The number of aromatic nitrogens is 2. The van der Waals surface area contributed by atoms with Crippen LogP contribution in [0.25, 0.3) is 0 Å². The number of carbonyl (C=O) groups excluding carboxylic acids is 1. The van der Waals surface area contributed by atoms with Crippen molar-refractivity contribution in [1.29, 1.82) is 0 Å². The lowest BCUT2D eigenvalue weighted by Gasteiger charge is -2.09. The van der Waals surface area contributed by atoms with Gasteiger partial charge < -0.3 is 15.2 Å². The molecule has 0 saturated heterocycles. The van der Waals surface area contributed by atoms with Gasteiger partial charge in [-0.25, -0.2) is 8.42 Å². The Morgan fingerprint density at radius 2 is 2.11 bits per heavy atom. The van der Waals surface area contributed by atoms with Gasteiger partial charge in [0, 0.05) is 32.3 Å². The molecule has 2 aromatic rings. The molecular formula is C15H19N5O6S2. The van der Waals surface area contributed by atoms with Crippen molar-refractivity contribution in [3.8, 4) is 0 Å². The van der Waals surface area contributed by atoms with Gasteiger partial charge in [-0.15, -0.1) is 11.8 Å². The molecule has 2 rings (SSSR count). The van der Waals surface area contributed by atoms with Gasteiger partial charge in [0.25, 0.3) is 5.69 Å². The summed E-state index contributed by atoms with van der Waals surface area (Å²) in [5.41, 5.74) is -0.172. The Morgan fingerprint density at radius 1 is 1.36 bits per heavy atom. The normalized spacial score (nSPS) is 11.2. The molecule has 13 heteroatoms. The Labute approximate surface area is 165 Å². The number of nitrogens with one attached hydrogen (secondary N) is 2. The summed E-state index contributed by atoms with van der Waals surface area (Å²) in [7, 11) is -3.55. The van der Waals surface area contributed by atoms with Crippen LogP contribution in [0.4, 0.5) is 11.4 Å². The molecule has 1 heterocycles. The molecule has 11 nitrogen and oxygen atoms in total. The van der Waals surface area contributed by atoms with Crippen molar-refractivity contribution < 1.29 is 22.7 Å². The van der Waals surface area contributed by atoms with Gasteiger partial charge in [0.15, 0.2) is 15.7 Å². The van der Waals surface area contributed by atoms with E-state index in [4.69, 9.17) is 4.52 Å². The summed E-state index contributed by atoms with van der Waals surface area (Å²) in [6, 6.07) is 3.63. The van der Waals surface area contributed by atoms with E-state index >= 15 is 0 Å². The van der Waals surface area contributed by atoms with E-state index in [1.54, 1.807) is 6.92 Å². The number of thioether (sulfide) groups is 1. The highest BCUT2D eigenvalue weighted by Crippen LogP contribution is 2.27. The number of nitro benzene ring substituents is 1. The third kappa shape index (κ3) is 6.49. The fourth-order valence-electron chi connectivity index (χ4n) is 2.13. The van der Waals surface area contributed by atoms with Crippen molar-refractivity contribution in [2.24, 2.45) is 0 Å². The highest BCUT2D eigenvalue weighted by Gasteiger charge is 2.18. The van der Waals surface area contributed by atoms with Crippen LogP contribution in [0, 0.1) is 17.0 Å². The summed E-state index contributed by atoms with van der Waals surface area (Å²) >= 11 is 1.33. The second-order valence-electron chi connectivity index (χ2n) is 5.71. The summed E-state index contributed by atoms with van der Waals surface area (Å²) in [5.74, 6) is 1.43. The number of anilines is 1. The second-order valence-corrected chi connectivity index (χ2v) is 8.71. The fourth-order valence-corrected chi connectivity index (χ4v) is 3.46. The third-order valence-corrected chi connectivity index (χ3v) is 5.43. The maximum atomic E-state index is 11.8. The summed E-state index contributed by atoms with van der Waals surface area (Å²) in [6.45, 7) is 2.16. The molecule has 0 spiro atoms. The van der Waals surface area contributed by atoms with E-state index in [2.05, 4.69) is 20.8 Å². The quantitative estimate of drug-likeness (QED) is 0.319. The minimum absolute atomic E-state index is 0.133. The van der Waals surface area contributed by atoms with E-state index in [1.807, 2.05) is 0 Å². The number of benzene rings is 1. The molecule has 0 bridgehead atoms. The van der Waals surface area contributed by atoms with Crippen LogP contribution in [-0.2, 0) is 20.4 Å². The monoisotopic (exact) mass is 429 g/mol. The molecule has 0 radical (unpaired) electrons. The van der Waals surface area contributed by atoms with Gasteiger partial charge >= 0.3 is 0 Å². The summed E-state index contributed by atoms with van der Waals surface area (Å²) in [4.78, 5) is 26.2. The first-order chi connectivity index (χ1) is 13.2. The van der Waals surface area contributed by atoms with E-state index in [-0.39, 0.29) is 41.0 Å². The number of hydrogen-bond donors (Lipinski definition) is 2. The van der Waals surface area contributed by atoms with Gasteiger partial charge in [-0.3, -0.25) is 14.9 Å². The molecule has 0 saturated carbocycles. The van der Waals surface area contributed by atoms with E-state index in [0.29, 0.717) is 17.5 Å². The first-order valence-corrected chi connectivity index (χ1v) is 11.1. The van der Waals surface area contributed by atoms with Crippen LogP contribution in [0.1, 0.15) is 11.7 Å². The highest BCUT2D eigenvalue weighted by atomic mass is 32.2. The molecule has 0 unspecified atom stereocenters. The van der Waals surface area contributed by atoms with Gasteiger partial charge in [0.05, 0.1) is 21.3 Å². The van der Waals surface area contributed by atoms with Crippen molar-refractivity contribution in [2.45, 2.75) is 17.6 Å². The summed E-state index contributed by atoms with van der Waals surface area (Å²) < 4.78 is 27.9. The van der Waals surface area contributed by atoms with Crippen LogP contribution in [0.5, 0.6) is 0 Å². The number of hydrogen-bond acceptors (Lipinski definition) is 10. The van der Waals surface area contributed by atoms with Crippen molar-refractivity contribution in [2.75, 3.05) is 30.4 Å². The SMILES string of the molecule is Cc1nc(CSCC(=O)NCCNc2ccc(S(C)(=O)=O)cc2[N+](=O)[O-])no1. The van der Waals surface area contributed by atoms with E-state index < -0.39 is 14.8 Å². The molecule has 0 fully saturated rings. The molecule has 1 aromatic heterocycles. The maximum absolute atomic E-state index is 11.8. The minimum atomic E-state index is -3.55. The topological polar surface area (TPSA) is 157 Å². The molecule has 0 aliphatic rings. The Morgan fingerprint density at radius 3 is 2.71 bits per heavy atom. The van der Waals surface area contributed by atoms with Crippen LogP contribution in [-0.4, -0.2) is 54.5 Å². The number of aryl methyl sites for hydroxylation is 1. The Kier molecular flexibility index (Phi) is 7.34. The number of sulfone groups is 1. The molecule has 152 valence electrons. The lowest BCUT2D eigenvalue weighted by atomic mass is 10.2. The molecule has 28 heavy (non-hydrogen) atoms. The van der Waals surface area contributed by atoms with Crippen LogP contribution in [0.15, 0.2) is 27.6 Å². The zero-order valence-electron chi connectivity index (χ0n) is 15.2. The van der Waals surface area contributed by atoms with Crippen molar-refractivity contribution in [3.05, 3.63) is 40.0 Å². The average Bonchev–Trinajstić information content (AvgIpc) is 3.03. The number of amides is 1. The number of carbonyl (C=O) groups is 1. The van der Waals surface area contributed by atoms with Crippen LogP contribution < -0.4 is 10.6 Å². The summed E-state index contributed by atoms with van der Waals surface area (Å²) in [5, 5.41) is 20.4. The smallest absolute Gasteiger partial charge is 0.293 e. The van der Waals surface area contributed by atoms with Crippen LogP contribution >= 0.6 is 11.8 Å². The van der Waals surface area contributed by atoms with Crippen molar-refractivity contribution in [1.82, 2.24) is 15.5 Å². The molecule has 1 aromatic carbocycles. The van der Waals surface area contributed by atoms with Gasteiger partial charge in [0.1, 0.15) is 5.69 Å². The first kappa shape index (κ1) is 21.6. The predicted molar refractivity (Wildman–Crippen MR) is 103 cm³/mol. The molecule has 0 atom stereocenters. The molecule has 2 N–H and O–H groups in total. The highest BCUT2D eigenvalue weighted by molar-refractivity contribution is 7.99. The number of nitro groups is 1.